The van der Waals surface area contributed by atoms with Gasteiger partial charge >= 0.3 is 0 Å². The fourth-order valence-electron chi connectivity index (χ4n) is 3.08. The fourth-order valence-corrected chi connectivity index (χ4v) is 3.08. The molecule has 4 rings (SSSR count). The zero-order chi connectivity index (χ0) is 13.7. The number of carbonyl (C=O) groups excluding carboxylic acids is 1. The van der Waals surface area contributed by atoms with Crippen molar-refractivity contribution in [2.24, 2.45) is 0 Å². The molecule has 96 valence electrons. The Bertz CT molecular complexity index is 864. The van der Waals surface area contributed by atoms with E-state index in [-0.39, 0.29) is 5.78 Å². The number of benzene rings is 3. The average Bonchev–Trinajstić information content (AvgIpc) is 2.48. The Morgan fingerprint density at radius 3 is 2.60 bits per heavy atom. The third kappa shape index (κ3) is 1.42. The summed E-state index contributed by atoms with van der Waals surface area (Å²) in [4.78, 5) is 12.8. The van der Waals surface area contributed by atoms with Gasteiger partial charge in [0.25, 0.3) is 0 Å². The molecule has 2 nitrogen and oxygen atoms in total. The third-order valence-electron chi connectivity index (χ3n) is 4.05. The molecule has 0 radical (unpaired) electrons. The summed E-state index contributed by atoms with van der Waals surface area (Å²) in [7, 11) is 0. The molecular weight excluding hydrogens is 246 g/mol. The summed E-state index contributed by atoms with van der Waals surface area (Å²) in [5.41, 5.74) is 10.5. The van der Waals surface area contributed by atoms with Gasteiger partial charge in [-0.3, -0.25) is 4.79 Å². The predicted octanol–water partition coefficient (Wildman–Crippen LogP) is 3.56. The maximum absolute atomic E-state index is 12.8. The van der Waals surface area contributed by atoms with Crippen LogP contribution in [0.4, 0.5) is 5.69 Å². The van der Waals surface area contributed by atoms with Gasteiger partial charge in [-0.15, -0.1) is 0 Å². The van der Waals surface area contributed by atoms with Crippen LogP contribution in [-0.4, -0.2) is 5.78 Å². The molecular formula is C18H13NO. The molecule has 2 N–H and O–H groups in total. The second kappa shape index (κ2) is 3.94. The summed E-state index contributed by atoms with van der Waals surface area (Å²) >= 11 is 0. The number of rotatable bonds is 0. The van der Waals surface area contributed by atoms with E-state index in [9.17, 15) is 4.79 Å². The first-order valence-electron chi connectivity index (χ1n) is 6.68. The van der Waals surface area contributed by atoms with Crippen LogP contribution in [0.1, 0.15) is 27.0 Å². The van der Waals surface area contributed by atoms with Crippen molar-refractivity contribution < 1.29 is 4.79 Å². The fraction of sp³-hybridized carbons (Fsp3) is 0.0556. The first-order chi connectivity index (χ1) is 9.75. The lowest BCUT2D eigenvalue weighted by Crippen LogP contribution is -2.17. The van der Waals surface area contributed by atoms with Crippen LogP contribution in [0.15, 0.2) is 54.6 Å². The third-order valence-corrected chi connectivity index (χ3v) is 4.05. The van der Waals surface area contributed by atoms with Crippen LogP contribution in [0.5, 0.6) is 0 Å². The highest BCUT2D eigenvalue weighted by molar-refractivity contribution is 6.20. The molecule has 0 bridgehead atoms. The Balaban J connectivity index is 2.11. The monoisotopic (exact) mass is 259 g/mol. The van der Waals surface area contributed by atoms with Gasteiger partial charge in [-0.1, -0.05) is 48.5 Å². The van der Waals surface area contributed by atoms with Gasteiger partial charge in [0, 0.05) is 23.2 Å². The summed E-state index contributed by atoms with van der Waals surface area (Å²) in [5, 5.41) is 2.02. The molecule has 0 fully saturated rings. The van der Waals surface area contributed by atoms with E-state index in [1.54, 1.807) is 0 Å². The standard InChI is InChI=1S/C18H13NO/c19-16-10-12-6-1-3-7-13(12)17-15(16)9-11-5-2-4-8-14(11)18(17)20/h1-8,10H,9,19H2. The molecule has 0 saturated carbocycles. The second-order valence-electron chi connectivity index (χ2n) is 5.20. The first kappa shape index (κ1) is 11.2. The van der Waals surface area contributed by atoms with Gasteiger partial charge in [0.15, 0.2) is 5.78 Å². The van der Waals surface area contributed by atoms with Gasteiger partial charge < -0.3 is 5.73 Å². The Labute approximate surface area is 116 Å². The van der Waals surface area contributed by atoms with Crippen LogP contribution in [0.3, 0.4) is 0 Å². The smallest absolute Gasteiger partial charge is 0.194 e. The molecule has 0 saturated heterocycles. The number of carbonyl (C=O) groups is 1. The summed E-state index contributed by atoms with van der Waals surface area (Å²) in [5.74, 6) is 0.0883. The van der Waals surface area contributed by atoms with Gasteiger partial charge in [0.2, 0.25) is 0 Å². The minimum atomic E-state index is 0.0883. The quantitative estimate of drug-likeness (QED) is 0.491. The van der Waals surface area contributed by atoms with Gasteiger partial charge in [-0.2, -0.15) is 0 Å². The molecule has 0 spiro atoms. The van der Waals surface area contributed by atoms with E-state index in [4.69, 9.17) is 5.73 Å². The van der Waals surface area contributed by atoms with Gasteiger partial charge in [0.05, 0.1) is 0 Å². The number of anilines is 1. The number of ketones is 1. The summed E-state index contributed by atoms with van der Waals surface area (Å²) in [6.07, 6.45) is 0.730. The highest BCUT2D eigenvalue weighted by Crippen LogP contribution is 2.35. The van der Waals surface area contributed by atoms with E-state index in [2.05, 4.69) is 0 Å². The molecule has 1 aliphatic rings. The normalized spacial score (nSPS) is 13.1. The Hall–Kier alpha value is -2.61. The first-order valence-corrected chi connectivity index (χ1v) is 6.68. The summed E-state index contributed by atoms with van der Waals surface area (Å²) in [6.45, 7) is 0. The van der Waals surface area contributed by atoms with Gasteiger partial charge in [0.1, 0.15) is 0 Å². The van der Waals surface area contributed by atoms with Crippen LogP contribution in [0, 0.1) is 0 Å². The minimum absolute atomic E-state index is 0.0883. The number of nitrogen functional groups attached to an aromatic ring is 1. The van der Waals surface area contributed by atoms with E-state index in [1.807, 2.05) is 54.6 Å². The molecule has 1 aliphatic carbocycles. The van der Waals surface area contributed by atoms with Crippen molar-refractivity contribution in [1.82, 2.24) is 0 Å². The highest BCUT2D eigenvalue weighted by Gasteiger charge is 2.26. The molecule has 3 aromatic rings. The molecule has 2 heteroatoms. The van der Waals surface area contributed by atoms with Crippen molar-refractivity contribution in [2.45, 2.75) is 6.42 Å². The van der Waals surface area contributed by atoms with Crippen LogP contribution in [0.2, 0.25) is 0 Å². The topological polar surface area (TPSA) is 43.1 Å². The molecule has 3 aromatic carbocycles. The van der Waals surface area contributed by atoms with Crippen LogP contribution in [-0.2, 0) is 6.42 Å². The molecule has 0 aliphatic heterocycles. The van der Waals surface area contributed by atoms with E-state index in [0.717, 1.165) is 39.4 Å². The van der Waals surface area contributed by atoms with Gasteiger partial charge in [-0.05, 0) is 28.0 Å². The number of hydrogen-bond donors (Lipinski definition) is 1. The van der Waals surface area contributed by atoms with Crippen molar-refractivity contribution in [2.75, 3.05) is 5.73 Å². The average molecular weight is 259 g/mol. The number of hydrogen-bond acceptors (Lipinski definition) is 2. The zero-order valence-electron chi connectivity index (χ0n) is 10.9. The zero-order valence-corrected chi connectivity index (χ0v) is 10.9. The molecule has 0 amide bonds. The van der Waals surface area contributed by atoms with Gasteiger partial charge in [-0.25, -0.2) is 0 Å². The lowest BCUT2D eigenvalue weighted by Gasteiger charge is -2.21. The molecule has 0 heterocycles. The lowest BCUT2D eigenvalue weighted by atomic mass is 9.81. The Morgan fingerprint density at radius 2 is 1.70 bits per heavy atom. The van der Waals surface area contributed by atoms with Crippen molar-refractivity contribution in [3.8, 4) is 0 Å². The van der Waals surface area contributed by atoms with Crippen molar-refractivity contribution in [3.63, 3.8) is 0 Å². The summed E-state index contributed by atoms with van der Waals surface area (Å²) < 4.78 is 0. The molecule has 0 unspecified atom stereocenters. The minimum Gasteiger partial charge on any atom is -0.398 e. The van der Waals surface area contributed by atoms with Crippen LogP contribution >= 0.6 is 0 Å². The predicted molar refractivity (Wildman–Crippen MR) is 81.0 cm³/mol. The maximum atomic E-state index is 12.8. The number of fused-ring (bicyclic) bond motifs is 4. The van der Waals surface area contributed by atoms with Crippen molar-refractivity contribution in [1.29, 1.82) is 0 Å². The molecule has 20 heavy (non-hydrogen) atoms. The number of nitrogens with two attached hydrogens (primary N) is 1. The maximum Gasteiger partial charge on any atom is 0.194 e. The Morgan fingerprint density at radius 1 is 0.950 bits per heavy atom. The van der Waals surface area contributed by atoms with E-state index >= 15 is 0 Å². The van der Waals surface area contributed by atoms with Crippen molar-refractivity contribution in [3.05, 3.63) is 76.9 Å². The van der Waals surface area contributed by atoms with Crippen LogP contribution in [0.25, 0.3) is 10.8 Å². The largest absolute Gasteiger partial charge is 0.398 e. The van der Waals surface area contributed by atoms with E-state index in [0.29, 0.717) is 5.69 Å². The lowest BCUT2D eigenvalue weighted by molar-refractivity contribution is 0.103. The highest BCUT2D eigenvalue weighted by atomic mass is 16.1. The van der Waals surface area contributed by atoms with E-state index in [1.165, 1.54) is 0 Å². The Kier molecular flexibility index (Phi) is 2.21. The second-order valence-corrected chi connectivity index (χ2v) is 5.20. The van der Waals surface area contributed by atoms with Crippen molar-refractivity contribution >= 4 is 22.2 Å². The van der Waals surface area contributed by atoms with Crippen LogP contribution < -0.4 is 5.73 Å². The molecule has 0 aromatic heterocycles. The summed E-state index contributed by atoms with van der Waals surface area (Å²) in [6, 6.07) is 17.7. The SMILES string of the molecule is Nc1cc2ccccc2c2c1Cc1ccccc1C2=O. The van der Waals surface area contributed by atoms with E-state index < -0.39 is 0 Å². The molecule has 0 atom stereocenters.